The van der Waals surface area contributed by atoms with Crippen LogP contribution in [0.25, 0.3) is 16.8 Å². The fourth-order valence-corrected chi connectivity index (χ4v) is 3.67. The van der Waals surface area contributed by atoms with E-state index in [1.165, 1.54) is 18.5 Å². The van der Waals surface area contributed by atoms with Crippen LogP contribution in [0.4, 0.5) is 13.2 Å². The normalized spacial score (nSPS) is 12.3. The molecule has 136 valence electrons. The Hall–Kier alpha value is -2.65. The largest absolute Gasteiger partial charge is 0.418 e. The number of benzene rings is 2. The van der Waals surface area contributed by atoms with E-state index < -0.39 is 32.2 Å². The number of sulfonamides is 1. The van der Waals surface area contributed by atoms with Crippen LogP contribution in [0, 0.1) is 6.92 Å². The van der Waals surface area contributed by atoms with Crippen molar-refractivity contribution in [1.29, 1.82) is 0 Å². The van der Waals surface area contributed by atoms with Gasteiger partial charge in [0.15, 0.2) is 0 Å². The first-order chi connectivity index (χ1) is 12.1. The lowest BCUT2D eigenvalue weighted by molar-refractivity contribution is -0.138. The van der Waals surface area contributed by atoms with Crippen LogP contribution < -0.4 is 5.14 Å². The van der Waals surface area contributed by atoms with Crippen molar-refractivity contribution >= 4 is 10.0 Å². The summed E-state index contributed by atoms with van der Waals surface area (Å²) in [7, 11) is -4.36. The van der Waals surface area contributed by atoms with Gasteiger partial charge in [-0.25, -0.2) is 18.2 Å². The summed E-state index contributed by atoms with van der Waals surface area (Å²) < 4.78 is 66.5. The first kappa shape index (κ1) is 18.2. The van der Waals surface area contributed by atoms with Gasteiger partial charge < -0.3 is 0 Å². The van der Waals surface area contributed by atoms with Crippen LogP contribution in [0.5, 0.6) is 0 Å². The molecule has 0 fully saturated rings. The second kappa shape index (κ2) is 6.26. The Morgan fingerprint density at radius 1 is 1.12 bits per heavy atom. The lowest BCUT2D eigenvalue weighted by atomic mass is 9.96. The molecule has 0 aliphatic carbocycles. The number of alkyl halides is 3. The first-order valence-corrected chi connectivity index (χ1v) is 8.98. The number of aromatic nitrogens is 2. The number of rotatable bonds is 3. The highest BCUT2D eigenvalue weighted by atomic mass is 32.2. The molecule has 26 heavy (non-hydrogen) atoms. The molecule has 9 heteroatoms. The van der Waals surface area contributed by atoms with Gasteiger partial charge in [0, 0.05) is 18.0 Å². The minimum absolute atomic E-state index is 0.0660. The molecular formula is C17H14F3N3O2S. The topological polar surface area (TPSA) is 78.0 Å². The molecule has 0 aliphatic rings. The molecular weight excluding hydrogens is 367 g/mol. The van der Waals surface area contributed by atoms with Crippen LogP contribution in [0.2, 0.25) is 0 Å². The molecule has 1 aromatic heterocycles. The third-order valence-electron chi connectivity index (χ3n) is 3.92. The van der Waals surface area contributed by atoms with Crippen molar-refractivity contribution < 1.29 is 21.6 Å². The second-order valence-electron chi connectivity index (χ2n) is 5.63. The van der Waals surface area contributed by atoms with E-state index in [0.29, 0.717) is 5.56 Å². The van der Waals surface area contributed by atoms with Gasteiger partial charge in [-0.3, -0.25) is 0 Å². The maximum atomic E-state index is 13.9. The molecule has 0 atom stereocenters. The lowest BCUT2D eigenvalue weighted by Gasteiger charge is -2.21. The monoisotopic (exact) mass is 381 g/mol. The predicted molar refractivity (Wildman–Crippen MR) is 90.1 cm³/mol. The Balaban J connectivity index is 2.54. The fourth-order valence-electron chi connectivity index (χ4n) is 2.86. The van der Waals surface area contributed by atoms with Gasteiger partial charge in [-0.2, -0.15) is 18.3 Å². The van der Waals surface area contributed by atoms with Crippen LogP contribution in [0.1, 0.15) is 11.1 Å². The van der Waals surface area contributed by atoms with Crippen LogP contribution in [0.15, 0.2) is 59.8 Å². The average Bonchev–Trinajstić information content (AvgIpc) is 3.07. The number of halogens is 3. The van der Waals surface area contributed by atoms with Crippen molar-refractivity contribution in [2.75, 3.05) is 0 Å². The molecule has 0 aliphatic heterocycles. The van der Waals surface area contributed by atoms with Crippen LogP contribution in [-0.2, 0) is 16.2 Å². The van der Waals surface area contributed by atoms with Gasteiger partial charge in [0.2, 0.25) is 10.0 Å². The molecule has 0 unspecified atom stereocenters. The molecule has 0 amide bonds. The quantitative estimate of drug-likeness (QED) is 0.754. The number of nitrogens with zero attached hydrogens (tertiary/aromatic N) is 2. The third-order valence-corrected chi connectivity index (χ3v) is 4.96. The van der Waals surface area contributed by atoms with Crippen molar-refractivity contribution in [3.05, 3.63) is 66.0 Å². The van der Waals surface area contributed by atoms with Crippen molar-refractivity contribution in [3.63, 3.8) is 0 Å². The molecule has 1 heterocycles. The highest BCUT2D eigenvalue weighted by Crippen LogP contribution is 2.43. The molecule has 0 saturated heterocycles. The van der Waals surface area contributed by atoms with Gasteiger partial charge in [-0.15, -0.1) is 0 Å². The molecule has 0 spiro atoms. The molecule has 0 saturated carbocycles. The van der Waals surface area contributed by atoms with E-state index in [1.807, 2.05) is 0 Å². The van der Waals surface area contributed by atoms with E-state index in [0.717, 1.165) is 17.7 Å². The number of nitrogens with two attached hydrogens (primary N) is 1. The van der Waals surface area contributed by atoms with Crippen LogP contribution >= 0.6 is 0 Å². The Morgan fingerprint density at radius 3 is 2.27 bits per heavy atom. The SMILES string of the molecule is Cc1c(S(N)(=O)=O)cc(-c2ccccc2)c(-n2cccn2)c1C(F)(F)F. The summed E-state index contributed by atoms with van der Waals surface area (Å²) in [5.41, 5.74) is -1.33. The maximum Gasteiger partial charge on any atom is 0.418 e. The number of hydrogen-bond acceptors (Lipinski definition) is 3. The summed E-state index contributed by atoms with van der Waals surface area (Å²) in [5, 5.41) is 9.08. The van der Waals surface area contributed by atoms with Crippen LogP contribution in [0.3, 0.4) is 0 Å². The number of hydrogen-bond donors (Lipinski definition) is 1. The van der Waals surface area contributed by atoms with Gasteiger partial charge >= 0.3 is 6.18 Å². The van der Waals surface area contributed by atoms with Crippen molar-refractivity contribution in [2.45, 2.75) is 18.0 Å². The molecule has 2 aromatic carbocycles. The highest BCUT2D eigenvalue weighted by molar-refractivity contribution is 7.89. The zero-order valence-corrected chi connectivity index (χ0v) is 14.3. The predicted octanol–water partition coefficient (Wildman–Crippen LogP) is 3.51. The van der Waals surface area contributed by atoms with Gasteiger partial charge in [-0.1, -0.05) is 30.3 Å². The summed E-state index contributed by atoms with van der Waals surface area (Å²) in [5.74, 6) is 0. The Morgan fingerprint density at radius 2 is 1.77 bits per heavy atom. The summed E-state index contributed by atoms with van der Waals surface area (Å²) in [4.78, 5) is -0.570. The van der Waals surface area contributed by atoms with Gasteiger partial charge in [0.1, 0.15) is 0 Å². The lowest BCUT2D eigenvalue weighted by Crippen LogP contribution is -2.20. The minimum atomic E-state index is -4.81. The first-order valence-electron chi connectivity index (χ1n) is 7.43. The summed E-state index contributed by atoms with van der Waals surface area (Å²) in [6.45, 7) is 1.09. The van der Waals surface area contributed by atoms with E-state index in [4.69, 9.17) is 5.14 Å². The third kappa shape index (κ3) is 3.23. The van der Waals surface area contributed by atoms with E-state index in [1.54, 1.807) is 30.3 Å². The molecule has 5 nitrogen and oxygen atoms in total. The number of primary sulfonamides is 1. The van der Waals surface area contributed by atoms with E-state index in [2.05, 4.69) is 5.10 Å². The molecule has 0 bridgehead atoms. The maximum absolute atomic E-state index is 13.9. The molecule has 3 aromatic rings. The minimum Gasteiger partial charge on any atom is -0.240 e. The Bertz CT molecular complexity index is 1050. The molecule has 3 rings (SSSR count). The molecule has 2 N–H and O–H groups in total. The Kier molecular flexibility index (Phi) is 4.37. The summed E-state index contributed by atoms with van der Waals surface area (Å²) in [6, 6.07) is 10.8. The Labute approximate surface area is 147 Å². The smallest absolute Gasteiger partial charge is 0.240 e. The highest BCUT2D eigenvalue weighted by Gasteiger charge is 2.39. The van der Waals surface area contributed by atoms with Crippen molar-refractivity contribution in [2.24, 2.45) is 5.14 Å². The fraction of sp³-hybridized carbons (Fsp3) is 0.118. The second-order valence-corrected chi connectivity index (χ2v) is 7.16. The van der Waals surface area contributed by atoms with E-state index in [9.17, 15) is 21.6 Å². The van der Waals surface area contributed by atoms with Crippen LogP contribution in [-0.4, -0.2) is 18.2 Å². The van der Waals surface area contributed by atoms with Gasteiger partial charge in [-0.05, 0) is 30.2 Å². The van der Waals surface area contributed by atoms with E-state index in [-0.39, 0.29) is 11.3 Å². The zero-order valence-electron chi connectivity index (χ0n) is 13.5. The summed E-state index contributed by atoms with van der Waals surface area (Å²) >= 11 is 0. The zero-order chi connectivity index (χ0) is 19.1. The van der Waals surface area contributed by atoms with E-state index >= 15 is 0 Å². The van der Waals surface area contributed by atoms with Gasteiger partial charge in [0.25, 0.3) is 0 Å². The summed E-state index contributed by atoms with van der Waals surface area (Å²) in [6.07, 6.45) is -2.10. The van der Waals surface area contributed by atoms with Crippen molar-refractivity contribution in [3.8, 4) is 16.8 Å². The average molecular weight is 381 g/mol. The van der Waals surface area contributed by atoms with Gasteiger partial charge in [0.05, 0.1) is 16.1 Å². The standard InChI is InChI=1S/C17H14F3N3O2S/c1-11-14(26(21,24)25)10-13(12-6-3-2-4-7-12)16(15(11)17(18,19)20)23-9-5-8-22-23/h2-10H,1H3,(H2,21,24,25). The molecule has 0 radical (unpaired) electrons. The van der Waals surface area contributed by atoms with Crippen molar-refractivity contribution in [1.82, 2.24) is 9.78 Å².